The van der Waals surface area contributed by atoms with Gasteiger partial charge in [0.05, 0.1) is 18.5 Å². The molecule has 0 saturated heterocycles. The van der Waals surface area contributed by atoms with Gasteiger partial charge >= 0.3 is 0 Å². The van der Waals surface area contributed by atoms with Gasteiger partial charge in [0.25, 0.3) is 5.56 Å². The molecule has 34 heavy (non-hydrogen) atoms. The summed E-state index contributed by atoms with van der Waals surface area (Å²) in [7, 11) is 1.62. The van der Waals surface area contributed by atoms with E-state index in [2.05, 4.69) is 15.3 Å². The molecule has 0 bridgehead atoms. The number of hydrogen-bond donors (Lipinski definition) is 1. The van der Waals surface area contributed by atoms with Crippen molar-refractivity contribution in [2.45, 2.75) is 33.2 Å². The van der Waals surface area contributed by atoms with E-state index >= 15 is 0 Å². The maximum Gasteiger partial charge on any atom is 0.256 e. The first kappa shape index (κ1) is 23.4. The van der Waals surface area contributed by atoms with E-state index in [0.717, 1.165) is 22.1 Å². The van der Waals surface area contributed by atoms with Gasteiger partial charge < -0.3 is 14.8 Å². The van der Waals surface area contributed by atoms with Crippen molar-refractivity contribution in [3.8, 4) is 5.88 Å². The fraction of sp³-hybridized carbons (Fsp3) is 0.308. The summed E-state index contributed by atoms with van der Waals surface area (Å²) in [5.41, 5.74) is 4.08. The van der Waals surface area contributed by atoms with Crippen molar-refractivity contribution >= 4 is 22.7 Å². The smallest absolute Gasteiger partial charge is 0.256 e. The zero-order chi connectivity index (χ0) is 24.1. The zero-order valence-corrected chi connectivity index (χ0v) is 19.9. The lowest BCUT2D eigenvalue weighted by atomic mass is 9.99. The highest BCUT2D eigenvalue weighted by atomic mass is 16.5. The second-order valence-corrected chi connectivity index (χ2v) is 8.32. The second kappa shape index (κ2) is 10.4. The maximum absolute atomic E-state index is 13.5. The van der Waals surface area contributed by atoms with Crippen LogP contribution < -0.4 is 15.6 Å². The van der Waals surface area contributed by atoms with Crippen LogP contribution in [0.1, 0.15) is 36.6 Å². The van der Waals surface area contributed by atoms with Crippen LogP contribution in [0.25, 0.3) is 11.0 Å². The first-order valence-corrected chi connectivity index (χ1v) is 11.3. The van der Waals surface area contributed by atoms with Gasteiger partial charge in [-0.15, -0.1) is 0 Å². The molecule has 0 unspecified atom stereocenters. The molecule has 8 nitrogen and oxygen atoms in total. The molecule has 176 valence electrons. The molecule has 3 aromatic heterocycles. The van der Waals surface area contributed by atoms with Gasteiger partial charge in [0.2, 0.25) is 11.8 Å². The first-order valence-electron chi connectivity index (χ1n) is 11.3. The molecule has 0 aliphatic rings. The molecule has 8 heteroatoms. The lowest BCUT2D eigenvalue weighted by Crippen LogP contribution is -2.28. The van der Waals surface area contributed by atoms with E-state index in [1.54, 1.807) is 30.1 Å². The Balaban J connectivity index is 1.67. The van der Waals surface area contributed by atoms with Crippen LogP contribution in [-0.2, 0) is 11.2 Å². The van der Waals surface area contributed by atoms with Gasteiger partial charge in [-0.05, 0) is 38.0 Å². The van der Waals surface area contributed by atoms with Gasteiger partial charge in [-0.1, -0.05) is 30.3 Å². The number of methoxy groups -OCH3 is 1. The molecular formula is C26H29N5O3. The third-order valence-corrected chi connectivity index (χ3v) is 5.60. The Morgan fingerprint density at radius 1 is 1.03 bits per heavy atom. The van der Waals surface area contributed by atoms with Gasteiger partial charge in [-0.25, -0.2) is 9.97 Å². The van der Waals surface area contributed by atoms with Crippen molar-refractivity contribution in [3.05, 3.63) is 81.9 Å². The summed E-state index contributed by atoms with van der Waals surface area (Å²) >= 11 is 0. The molecule has 0 radical (unpaired) electrons. The third kappa shape index (κ3) is 5.07. The number of ether oxygens (including phenoxy) is 2. The molecule has 0 amide bonds. The molecule has 4 aromatic rings. The Morgan fingerprint density at radius 3 is 2.50 bits per heavy atom. The average Bonchev–Trinajstić information content (AvgIpc) is 2.83. The van der Waals surface area contributed by atoms with Crippen LogP contribution in [0.3, 0.4) is 0 Å². The highest BCUT2D eigenvalue weighted by molar-refractivity contribution is 5.81. The third-order valence-electron chi connectivity index (χ3n) is 5.60. The minimum atomic E-state index is -0.0573. The Labute approximate surface area is 198 Å². The monoisotopic (exact) mass is 459 g/mol. The highest BCUT2D eigenvalue weighted by Crippen LogP contribution is 2.24. The molecule has 0 aliphatic carbocycles. The van der Waals surface area contributed by atoms with Gasteiger partial charge in [0.15, 0.2) is 0 Å². The van der Waals surface area contributed by atoms with Crippen molar-refractivity contribution in [3.63, 3.8) is 0 Å². The number of benzene rings is 1. The number of anilines is 2. The Bertz CT molecular complexity index is 1320. The Hall–Kier alpha value is -3.78. The molecular weight excluding hydrogens is 430 g/mol. The molecule has 4 rings (SSSR count). The summed E-state index contributed by atoms with van der Waals surface area (Å²) < 4.78 is 12.2. The molecule has 1 N–H and O–H groups in total. The fourth-order valence-corrected chi connectivity index (χ4v) is 3.83. The molecule has 0 atom stereocenters. The van der Waals surface area contributed by atoms with Crippen LogP contribution in [0, 0.1) is 6.92 Å². The Morgan fingerprint density at radius 2 is 1.82 bits per heavy atom. The largest absolute Gasteiger partial charge is 0.475 e. The van der Waals surface area contributed by atoms with Crippen molar-refractivity contribution in [2.24, 2.45) is 0 Å². The number of fused-ring (bicyclic) bond motifs is 1. The number of aromatic nitrogens is 4. The predicted octanol–water partition coefficient (Wildman–Crippen LogP) is 4.44. The molecule has 0 aliphatic heterocycles. The molecule has 0 saturated carbocycles. The fourth-order valence-electron chi connectivity index (χ4n) is 3.83. The van der Waals surface area contributed by atoms with Crippen molar-refractivity contribution < 1.29 is 9.47 Å². The van der Waals surface area contributed by atoms with E-state index in [4.69, 9.17) is 14.5 Å². The van der Waals surface area contributed by atoms with Crippen LogP contribution >= 0.6 is 0 Å². The Kier molecular flexibility index (Phi) is 7.18. The quantitative estimate of drug-likeness (QED) is 0.370. The van der Waals surface area contributed by atoms with E-state index in [-0.39, 0.29) is 11.6 Å². The number of aryl methyl sites for hydroxylation is 1. The van der Waals surface area contributed by atoms with Gasteiger partial charge in [0, 0.05) is 42.8 Å². The average molecular weight is 460 g/mol. The number of nitrogens with zero attached hydrogens (tertiary/aromatic N) is 4. The number of pyridine rings is 2. The van der Waals surface area contributed by atoms with Crippen LogP contribution in [0.2, 0.25) is 0 Å². The van der Waals surface area contributed by atoms with E-state index in [9.17, 15) is 4.79 Å². The van der Waals surface area contributed by atoms with E-state index in [1.165, 1.54) is 0 Å². The maximum atomic E-state index is 13.5. The normalized spacial score (nSPS) is 11.2. The molecule has 0 fully saturated rings. The van der Waals surface area contributed by atoms with Crippen molar-refractivity contribution in [1.29, 1.82) is 0 Å². The van der Waals surface area contributed by atoms with Crippen molar-refractivity contribution in [2.75, 3.05) is 25.6 Å². The predicted molar refractivity (Wildman–Crippen MR) is 133 cm³/mol. The lowest BCUT2D eigenvalue weighted by Gasteiger charge is -2.18. The molecule has 1 aromatic carbocycles. The van der Waals surface area contributed by atoms with E-state index in [0.29, 0.717) is 42.8 Å². The molecule has 0 spiro atoms. The zero-order valence-electron chi connectivity index (χ0n) is 19.9. The second-order valence-electron chi connectivity index (χ2n) is 8.32. The standard InChI is InChI=1S/C26H29N5O3/c1-17(2)31-24-22(18(3)21(25(31)32)14-19-8-6-5-7-9-19)16-28-26(30-24)29-20-10-11-23(27-15-20)34-13-12-33-4/h5-11,15-17H,12-14H2,1-4H3,(H,28,29,30). The summed E-state index contributed by atoms with van der Waals surface area (Å²) in [5, 5.41) is 4.04. The minimum absolute atomic E-state index is 0.0206. The summed E-state index contributed by atoms with van der Waals surface area (Å²) in [6.45, 7) is 6.88. The van der Waals surface area contributed by atoms with Crippen LogP contribution in [-0.4, -0.2) is 39.8 Å². The lowest BCUT2D eigenvalue weighted by molar-refractivity contribution is 0.144. The summed E-state index contributed by atoms with van der Waals surface area (Å²) in [5.74, 6) is 0.906. The SMILES string of the molecule is COCCOc1ccc(Nc2ncc3c(C)c(Cc4ccccc4)c(=O)n(C(C)C)c3n2)cn1. The summed E-state index contributed by atoms with van der Waals surface area (Å²) in [6, 6.07) is 13.6. The van der Waals surface area contributed by atoms with Gasteiger partial charge in [-0.2, -0.15) is 4.98 Å². The van der Waals surface area contributed by atoms with Crippen molar-refractivity contribution in [1.82, 2.24) is 19.5 Å². The van der Waals surface area contributed by atoms with E-state index in [1.807, 2.05) is 57.2 Å². The van der Waals surface area contributed by atoms with E-state index < -0.39 is 0 Å². The number of nitrogens with one attached hydrogen (secondary N) is 1. The van der Waals surface area contributed by atoms with Gasteiger partial charge in [0.1, 0.15) is 12.3 Å². The van der Waals surface area contributed by atoms with Crippen LogP contribution in [0.5, 0.6) is 5.88 Å². The van der Waals surface area contributed by atoms with Gasteiger partial charge in [-0.3, -0.25) is 9.36 Å². The summed E-state index contributed by atoms with van der Waals surface area (Å²) in [4.78, 5) is 27.0. The van der Waals surface area contributed by atoms with Crippen LogP contribution in [0.4, 0.5) is 11.6 Å². The summed E-state index contributed by atoms with van der Waals surface area (Å²) in [6.07, 6.45) is 4.00. The molecule has 3 heterocycles. The topological polar surface area (TPSA) is 91.2 Å². The minimum Gasteiger partial charge on any atom is -0.475 e. The highest BCUT2D eigenvalue weighted by Gasteiger charge is 2.18. The van der Waals surface area contributed by atoms with Crippen LogP contribution in [0.15, 0.2) is 59.7 Å². The first-order chi connectivity index (χ1) is 16.5. The number of rotatable bonds is 9. The number of hydrogen-bond acceptors (Lipinski definition) is 7.